The number of carbonyl (C=O) groups excluding carboxylic acids is 2. The first-order valence-electron chi connectivity index (χ1n) is 10.0. The Morgan fingerprint density at radius 3 is 2.34 bits per heavy atom. The molecule has 0 aromatic heterocycles. The van der Waals surface area contributed by atoms with Crippen LogP contribution in [0.3, 0.4) is 0 Å². The highest BCUT2D eigenvalue weighted by atomic mass is 32.2. The first-order chi connectivity index (χ1) is 13.7. The average Bonchev–Trinajstić information content (AvgIpc) is 3.03. The Kier molecular flexibility index (Phi) is 8.18. The summed E-state index contributed by atoms with van der Waals surface area (Å²) in [5.41, 5.74) is 0.520. The van der Waals surface area contributed by atoms with Gasteiger partial charge in [0.2, 0.25) is 21.8 Å². The van der Waals surface area contributed by atoms with E-state index in [0.29, 0.717) is 31.9 Å². The van der Waals surface area contributed by atoms with Gasteiger partial charge in [-0.25, -0.2) is 8.42 Å². The van der Waals surface area contributed by atoms with Crippen LogP contribution in [0.25, 0.3) is 0 Å². The Morgan fingerprint density at radius 1 is 1.17 bits per heavy atom. The van der Waals surface area contributed by atoms with Crippen molar-refractivity contribution in [3.63, 3.8) is 0 Å². The van der Waals surface area contributed by atoms with Crippen LogP contribution in [-0.2, 0) is 19.6 Å². The highest BCUT2D eigenvalue weighted by Gasteiger charge is 2.34. The van der Waals surface area contributed by atoms with Crippen LogP contribution in [0.1, 0.15) is 26.7 Å². The molecule has 1 aliphatic rings. The van der Waals surface area contributed by atoms with Crippen molar-refractivity contribution in [1.29, 1.82) is 0 Å². The highest BCUT2D eigenvalue weighted by molar-refractivity contribution is 7.89. The average molecular weight is 425 g/mol. The van der Waals surface area contributed by atoms with E-state index in [1.54, 1.807) is 30.9 Å². The molecule has 8 nitrogen and oxygen atoms in total. The van der Waals surface area contributed by atoms with Gasteiger partial charge in [-0.15, -0.1) is 0 Å². The standard InChI is InChI=1S/C20H32N4O4S/c1-5-24(6-2)29(27,28)18-10-8-17(9-11-18)21-20(26)16-14-19(25)23(15-16)13-7-12-22(3)4/h8-11,16H,5-7,12-15H2,1-4H3,(H,21,26). The van der Waals surface area contributed by atoms with E-state index in [-0.39, 0.29) is 29.0 Å². The quantitative estimate of drug-likeness (QED) is 0.614. The molecule has 2 amide bonds. The van der Waals surface area contributed by atoms with Gasteiger partial charge in [0.25, 0.3) is 0 Å². The van der Waals surface area contributed by atoms with Gasteiger partial charge >= 0.3 is 0 Å². The lowest BCUT2D eigenvalue weighted by Crippen LogP contribution is -2.31. The number of anilines is 1. The van der Waals surface area contributed by atoms with Gasteiger partial charge in [0.05, 0.1) is 10.8 Å². The molecule has 1 N–H and O–H groups in total. The van der Waals surface area contributed by atoms with Crippen molar-refractivity contribution in [3.05, 3.63) is 24.3 Å². The number of carbonyl (C=O) groups is 2. The lowest BCUT2D eigenvalue weighted by molar-refractivity contribution is -0.128. The summed E-state index contributed by atoms with van der Waals surface area (Å²) < 4.78 is 26.4. The van der Waals surface area contributed by atoms with E-state index in [4.69, 9.17) is 0 Å². The Bertz CT molecular complexity index is 804. The number of hydrogen-bond donors (Lipinski definition) is 1. The van der Waals surface area contributed by atoms with Crippen molar-refractivity contribution in [2.45, 2.75) is 31.6 Å². The lowest BCUT2D eigenvalue weighted by Gasteiger charge is -2.19. The van der Waals surface area contributed by atoms with E-state index < -0.39 is 10.0 Å². The molecule has 0 radical (unpaired) electrons. The fraction of sp³-hybridized carbons (Fsp3) is 0.600. The molecule has 0 aliphatic carbocycles. The summed E-state index contributed by atoms with van der Waals surface area (Å²) in [7, 11) is 0.448. The fourth-order valence-corrected chi connectivity index (χ4v) is 4.87. The lowest BCUT2D eigenvalue weighted by atomic mass is 10.1. The Hall–Kier alpha value is -1.97. The number of sulfonamides is 1. The van der Waals surface area contributed by atoms with E-state index in [2.05, 4.69) is 10.2 Å². The maximum atomic E-state index is 12.5. The van der Waals surface area contributed by atoms with E-state index in [1.165, 1.54) is 16.4 Å². The minimum absolute atomic E-state index is 0.00423. The van der Waals surface area contributed by atoms with Crippen LogP contribution < -0.4 is 5.32 Å². The van der Waals surface area contributed by atoms with Crippen LogP contribution in [0, 0.1) is 5.92 Å². The minimum atomic E-state index is -3.53. The van der Waals surface area contributed by atoms with Crippen LogP contribution in [0.15, 0.2) is 29.2 Å². The summed E-state index contributed by atoms with van der Waals surface area (Å²) in [5, 5.41) is 2.80. The SMILES string of the molecule is CCN(CC)S(=O)(=O)c1ccc(NC(=O)C2CC(=O)N(CCCN(C)C)C2)cc1. The molecule has 9 heteroatoms. The van der Waals surface area contributed by atoms with E-state index in [0.717, 1.165) is 13.0 Å². The third-order valence-electron chi connectivity index (χ3n) is 5.08. The van der Waals surface area contributed by atoms with Crippen molar-refractivity contribution >= 4 is 27.5 Å². The number of nitrogens with one attached hydrogen (secondary N) is 1. The zero-order chi connectivity index (χ0) is 21.6. The summed E-state index contributed by atoms with van der Waals surface area (Å²) in [4.78, 5) is 28.7. The predicted octanol–water partition coefficient (Wildman–Crippen LogP) is 1.46. The van der Waals surface area contributed by atoms with Gasteiger partial charge in [0.1, 0.15) is 0 Å². The zero-order valence-corrected chi connectivity index (χ0v) is 18.5. The third kappa shape index (κ3) is 6.01. The summed E-state index contributed by atoms with van der Waals surface area (Å²) in [6.45, 7) is 6.36. The third-order valence-corrected chi connectivity index (χ3v) is 7.15. The van der Waals surface area contributed by atoms with Gasteiger partial charge in [0.15, 0.2) is 0 Å². The van der Waals surface area contributed by atoms with E-state index in [9.17, 15) is 18.0 Å². The molecule has 2 rings (SSSR count). The second-order valence-corrected chi connectivity index (χ2v) is 9.44. The van der Waals surface area contributed by atoms with Gasteiger partial charge in [-0.05, 0) is 51.3 Å². The molecule has 1 aromatic rings. The van der Waals surface area contributed by atoms with Gasteiger partial charge in [0, 0.05) is 38.3 Å². The van der Waals surface area contributed by atoms with Gasteiger partial charge in [-0.3, -0.25) is 9.59 Å². The van der Waals surface area contributed by atoms with Gasteiger partial charge < -0.3 is 15.1 Å². The fourth-order valence-electron chi connectivity index (χ4n) is 3.41. The zero-order valence-electron chi connectivity index (χ0n) is 17.7. The second kappa shape index (κ2) is 10.2. The highest BCUT2D eigenvalue weighted by Crippen LogP contribution is 2.22. The van der Waals surface area contributed by atoms with E-state index >= 15 is 0 Å². The molecule has 1 saturated heterocycles. The molecule has 1 aliphatic heterocycles. The van der Waals surface area contributed by atoms with Gasteiger partial charge in [-0.1, -0.05) is 13.8 Å². The Balaban J connectivity index is 1.95. The monoisotopic (exact) mass is 424 g/mol. The van der Waals surface area contributed by atoms with Crippen LogP contribution in [0.4, 0.5) is 5.69 Å². The maximum Gasteiger partial charge on any atom is 0.243 e. The number of amides is 2. The summed E-state index contributed by atoms with van der Waals surface area (Å²) in [6, 6.07) is 6.16. The molecule has 0 saturated carbocycles. The topological polar surface area (TPSA) is 90.0 Å². The van der Waals surface area contributed by atoms with Crippen molar-refractivity contribution in [2.75, 3.05) is 52.1 Å². The molecule has 1 heterocycles. The largest absolute Gasteiger partial charge is 0.342 e. The molecule has 0 spiro atoms. The van der Waals surface area contributed by atoms with Crippen molar-refractivity contribution in [2.24, 2.45) is 5.92 Å². The number of hydrogen-bond acceptors (Lipinski definition) is 5. The number of benzene rings is 1. The number of rotatable bonds is 10. The molecule has 29 heavy (non-hydrogen) atoms. The first-order valence-corrected chi connectivity index (χ1v) is 11.5. The molecule has 0 bridgehead atoms. The van der Waals surface area contributed by atoms with Crippen LogP contribution in [0.5, 0.6) is 0 Å². The number of nitrogens with zero attached hydrogens (tertiary/aromatic N) is 3. The molecular weight excluding hydrogens is 392 g/mol. The molecule has 1 atom stereocenters. The summed E-state index contributed by atoms with van der Waals surface area (Å²) in [6.07, 6.45) is 1.08. The van der Waals surface area contributed by atoms with Gasteiger partial charge in [-0.2, -0.15) is 4.31 Å². The van der Waals surface area contributed by atoms with Crippen molar-refractivity contribution < 1.29 is 18.0 Å². The smallest absolute Gasteiger partial charge is 0.243 e. The summed E-state index contributed by atoms with van der Waals surface area (Å²) >= 11 is 0. The van der Waals surface area contributed by atoms with Crippen molar-refractivity contribution in [3.8, 4) is 0 Å². The maximum absolute atomic E-state index is 12.5. The minimum Gasteiger partial charge on any atom is -0.342 e. The molecule has 1 aromatic carbocycles. The van der Waals surface area contributed by atoms with Crippen LogP contribution >= 0.6 is 0 Å². The Labute approximate surface area is 173 Å². The normalized spacial score (nSPS) is 17.4. The number of likely N-dealkylation sites (tertiary alicyclic amines) is 1. The molecule has 1 fully saturated rings. The molecule has 1 unspecified atom stereocenters. The Morgan fingerprint density at radius 2 is 1.79 bits per heavy atom. The first kappa shape index (κ1) is 23.3. The summed E-state index contributed by atoms with van der Waals surface area (Å²) in [5.74, 6) is -0.599. The van der Waals surface area contributed by atoms with Crippen LogP contribution in [-0.4, -0.2) is 81.2 Å². The molecule has 162 valence electrons. The predicted molar refractivity (Wildman–Crippen MR) is 113 cm³/mol. The van der Waals surface area contributed by atoms with Crippen molar-refractivity contribution in [1.82, 2.24) is 14.1 Å². The second-order valence-electron chi connectivity index (χ2n) is 7.50. The van der Waals surface area contributed by atoms with E-state index in [1.807, 2.05) is 14.1 Å². The molecular formula is C20H32N4O4S. The van der Waals surface area contributed by atoms with Crippen LogP contribution in [0.2, 0.25) is 0 Å².